The highest BCUT2D eigenvalue weighted by atomic mass is 19.4. The summed E-state index contributed by atoms with van der Waals surface area (Å²) in [6, 6.07) is 4.09. The molecule has 0 saturated carbocycles. The minimum Gasteiger partial charge on any atom is -0.392 e. The molecule has 1 aliphatic rings. The number of benzene rings is 1. The topological polar surface area (TPSA) is 32.7 Å². The average molecular weight is 303 g/mol. The van der Waals surface area contributed by atoms with Crippen LogP contribution in [-0.4, -0.2) is 31.4 Å². The van der Waals surface area contributed by atoms with Crippen molar-refractivity contribution in [2.45, 2.75) is 32.2 Å². The zero-order chi connectivity index (χ0) is 15.6. The standard InChI is InChI=1S/C15H20F3NO2/c1-10-5-6-19(8-14(10)21-2)12-4-3-11(9-20)13(7-12)15(16,17)18/h3-4,7,10,14,20H,5-6,8-9H2,1-2H3. The summed E-state index contributed by atoms with van der Waals surface area (Å²) < 4.78 is 44.5. The van der Waals surface area contributed by atoms with Crippen LogP contribution < -0.4 is 4.90 Å². The molecule has 0 bridgehead atoms. The van der Waals surface area contributed by atoms with Crippen LogP contribution in [0, 0.1) is 5.92 Å². The third kappa shape index (κ3) is 3.49. The maximum Gasteiger partial charge on any atom is 0.416 e. The van der Waals surface area contributed by atoms with Gasteiger partial charge in [-0.25, -0.2) is 0 Å². The van der Waals surface area contributed by atoms with Gasteiger partial charge in [0.1, 0.15) is 0 Å². The Morgan fingerprint density at radius 3 is 2.67 bits per heavy atom. The number of anilines is 1. The lowest BCUT2D eigenvalue weighted by Gasteiger charge is -2.38. The summed E-state index contributed by atoms with van der Waals surface area (Å²) in [6.45, 7) is 2.75. The SMILES string of the molecule is COC1CN(c2ccc(CO)c(C(F)(F)F)c2)CCC1C. The first-order valence-corrected chi connectivity index (χ1v) is 6.95. The molecule has 6 heteroatoms. The van der Waals surface area contributed by atoms with Gasteiger partial charge in [0, 0.05) is 25.9 Å². The molecule has 2 atom stereocenters. The fraction of sp³-hybridized carbons (Fsp3) is 0.600. The first kappa shape index (κ1) is 16.1. The predicted octanol–water partition coefficient (Wildman–Crippen LogP) is 3.06. The molecule has 0 aromatic heterocycles. The molecule has 118 valence electrons. The molecule has 1 aromatic rings. The van der Waals surface area contributed by atoms with E-state index in [4.69, 9.17) is 9.84 Å². The lowest BCUT2D eigenvalue weighted by molar-refractivity contribution is -0.138. The predicted molar refractivity (Wildman–Crippen MR) is 74.2 cm³/mol. The summed E-state index contributed by atoms with van der Waals surface area (Å²) in [5.41, 5.74) is -0.344. The Balaban J connectivity index is 2.28. The zero-order valence-corrected chi connectivity index (χ0v) is 12.2. The highest BCUT2D eigenvalue weighted by molar-refractivity contribution is 5.52. The van der Waals surface area contributed by atoms with Crippen molar-refractivity contribution in [3.8, 4) is 0 Å². The molecule has 21 heavy (non-hydrogen) atoms. The zero-order valence-electron chi connectivity index (χ0n) is 12.2. The van der Waals surface area contributed by atoms with Gasteiger partial charge in [-0.05, 0) is 30.0 Å². The number of aliphatic hydroxyl groups excluding tert-OH is 1. The number of hydrogen-bond acceptors (Lipinski definition) is 3. The second kappa shape index (κ2) is 6.23. The Kier molecular flexibility index (Phi) is 4.78. The van der Waals surface area contributed by atoms with Gasteiger partial charge in [0.25, 0.3) is 0 Å². The third-order valence-electron chi connectivity index (χ3n) is 4.13. The van der Waals surface area contributed by atoms with E-state index in [1.165, 1.54) is 6.07 Å². The molecule has 0 amide bonds. The molecular formula is C15H20F3NO2. The number of hydrogen-bond donors (Lipinski definition) is 1. The molecular weight excluding hydrogens is 283 g/mol. The van der Waals surface area contributed by atoms with Crippen LogP contribution in [-0.2, 0) is 17.5 Å². The number of ether oxygens (including phenoxy) is 1. The summed E-state index contributed by atoms with van der Waals surface area (Å²) >= 11 is 0. The quantitative estimate of drug-likeness (QED) is 0.931. The van der Waals surface area contributed by atoms with E-state index in [2.05, 4.69) is 6.92 Å². The maximum atomic E-state index is 13.0. The van der Waals surface area contributed by atoms with Crippen molar-refractivity contribution in [3.05, 3.63) is 29.3 Å². The van der Waals surface area contributed by atoms with Gasteiger partial charge in [0.2, 0.25) is 0 Å². The molecule has 1 N–H and O–H groups in total. The van der Waals surface area contributed by atoms with E-state index in [1.54, 1.807) is 13.2 Å². The second-order valence-electron chi connectivity index (χ2n) is 5.48. The van der Waals surface area contributed by atoms with Crippen LogP contribution in [0.5, 0.6) is 0 Å². The summed E-state index contributed by atoms with van der Waals surface area (Å²) in [5, 5.41) is 9.06. The number of alkyl halides is 3. The molecule has 1 fully saturated rings. The van der Waals surface area contributed by atoms with Gasteiger partial charge in [-0.1, -0.05) is 13.0 Å². The molecule has 1 aliphatic heterocycles. The van der Waals surface area contributed by atoms with Crippen molar-refractivity contribution in [2.24, 2.45) is 5.92 Å². The first-order chi connectivity index (χ1) is 9.86. The van der Waals surface area contributed by atoms with Crippen molar-refractivity contribution >= 4 is 5.69 Å². The molecule has 2 unspecified atom stereocenters. The highest BCUT2D eigenvalue weighted by Gasteiger charge is 2.34. The summed E-state index contributed by atoms with van der Waals surface area (Å²) in [5.74, 6) is 0.394. The minimum atomic E-state index is -4.46. The van der Waals surface area contributed by atoms with Crippen LogP contribution in [0.25, 0.3) is 0 Å². The lowest BCUT2D eigenvalue weighted by Crippen LogP contribution is -2.44. The highest BCUT2D eigenvalue weighted by Crippen LogP contribution is 2.35. The van der Waals surface area contributed by atoms with Crippen molar-refractivity contribution in [1.29, 1.82) is 0 Å². The van der Waals surface area contributed by atoms with Gasteiger partial charge < -0.3 is 14.7 Å². The average Bonchev–Trinajstić information content (AvgIpc) is 2.46. The van der Waals surface area contributed by atoms with Crippen molar-refractivity contribution in [3.63, 3.8) is 0 Å². The number of halogens is 3. The Hall–Kier alpha value is -1.27. The summed E-state index contributed by atoms with van der Waals surface area (Å²) in [4.78, 5) is 1.91. The van der Waals surface area contributed by atoms with Gasteiger partial charge in [-0.3, -0.25) is 0 Å². The van der Waals surface area contributed by atoms with E-state index >= 15 is 0 Å². The van der Waals surface area contributed by atoms with Gasteiger partial charge in [0.05, 0.1) is 18.3 Å². The van der Waals surface area contributed by atoms with Crippen LogP contribution in [0.1, 0.15) is 24.5 Å². The molecule has 0 aliphatic carbocycles. The second-order valence-corrected chi connectivity index (χ2v) is 5.48. The first-order valence-electron chi connectivity index (χ1n) is 6.95. The third-order valence-corrected chi connectivity index (χ3v) is 4.13. The largest absolute Gasteiger partial charge is 0.416 e. The monoisotopic (exact) mass is 303 g/mol. The van der Waals surface area contributed by atoms with E-state index < -0.39 is 18.3 Å². The fourth-order valence-corrected chi connectivity index (χ4v) is 2.74. The summed E-state index contributed by atoms with van der Waals surface area (Å²) in [7, 11) is 1.63. The fourth-order valence-electron chi connectivity index (χ4n) is 2.74. The van der Waals surface area contributed by atoms with Crippen molar-refractivity contribution < 1.29 is 23.0 Å². The van der Waals surface area contributed by atoms with Crippen LogP contribution in [0.15, 0.2) is 18.2 Å². The van der Waals surface area contributed by atoms with Crippen LogP contribution in [0.2, 0.25) is 0 Å². The molecule has 1 heterocycles. The van der Waals surface area contributed by atoms with Gasteiger partial charge in [-0.2, -0.15) is 13.2 Å². The number of methoxy groups -OCH3 is 1. The molecule has 0 radical (unpaired) electrons. The number of aliphatic hydroxyl groups is 1. The van der Waals surface area contributed by atoms with Gasteiger partial charge >= 0.3 is 6.18 Å². The number of rotatable bonds is 3. The Morgan fingerprint density at radius 1 is 1.38 bits per heavy atom. The summed E-state index contributed by atoms with van der Waals surface area (Å²) in [6.07, 6.45) is -3.56. The van der Waals surface area contributed by atoms with Gasteiger partial charge in [-0.15, -0.1) is 0 Å². The van der Waals surface area contributed by atoms with E-state index in [1.807, 2.05) is 4.90 Å². The number of nitrogens with zero attached hydrogens (tertiary/aromatic N) is 1. The van der Waals surface area contributed by atoms with Crippen molar-refractivity contribution in [2.75, 3.05) is 25.1 Å². The molecule has 3 nitrogen and oxygen atoms in total. The molecule has 0 spiro atoms. The van der Waals surface area contributed by atoms with Crippen LogP contribution >= 0.6 is 0 Å². The smallest absolute Gasteiger partial charge is 0.392 e. The molecule has 1 saturated heterocycles. The van der Waals surface area contributed by atoms with E-state index in [0.29, 0.717) is 24.7 Å². The molecule has 2 rings (SSSR count). The van der Waals surface area contributed by atoms with Crippen molar-refractivity contribution in [1.82, 2.24) is 0 Å². The number of piperidine rings is 1. The normalized spacial score (nSPS) is 23.4. The van der Waals surface area contributed by atoms with E-state index in [9.17, 15) is 13.2 Å². The lowest BCUT2D eigenvalue weighted by atomic mass is 9.95. The Labute approximate surface area is 122 Å². The van der Waals surface area contributed by atoms with E-state index in [0.717, 1.165) is 12.5 Å². The Morgan fingerprint density at radius 2 is 2.10 bits per heavy atom. The maximum absolute atomic E-state index is 13.0. The van der Waals surface area contributed by atoms with E-state index in [-0.39, 0.29) is 11.7 Å². The minimum absolute atomic E-state index is 0.0191. The van der Waals surface area contributed by atoms with Crippen LogP contribution in [0.3, 0.4) is 0 Å². The van der Waals surface area contributed by atoms with Gasteiger partial charge in [0.15, 0.2) is 0 Å². The van der Waals surface area contributed by atoms with Crippen LogP contribution in [0.4, 0.5) is 18.9 Å². The Bertz CT molecular complexity index is 490. The molecule has 1 aromatic carbocycles.